The number of fused-ring (bicyclic) bond motifs is 7. The Balaban J connectivity index is 1.15. The third-order valence-corrected chi connectivity index (χ3v) is 12.1. The molecular formula is C52H41N. The van der Waals surface area contributed by atoms with E-state index in [4.69, 9.17) is 0 Å². The van der Waals surface area contributed by atoms with Gasteiger partial charge in [0, 0.05) is 27.9 Å². The number of hydrogen-bond donors (Lipinski definition) is 0. The van der Waals surface area contributed by atoms with E-state index in [0.717, 1.165) is 17.1 Å². The third-order valence-electron chi connectivity index (χ3n) is 12.1. The van der Waals surface area contributed by atoms with Crippen LogP contribution in [-0.4, -0.2) is 0 Å². The van der Waals surface area contributed by atoms with Crippen LogP contribution in [0, 0.1) is 0 Å². The molecule has 2 aliphatic rings. The minimum Gasteiger partial charge on any atom is -0.310 e. The van der Waals surface area contributed by atoms with E-state index in [-0.39, 0.29) is 10.8 Å². The topological polar surface area (TPSA) is 3.24 Å². The lowest BCUT2D eigenvalue weighted by Crippen LogP contribution is -2.17. The Hall–Kier alpha value is -6.18. The van der Waals surface area contributed by atoms with E-state index in [9.17, 15) is 0 Å². The molecule has 0 saturated carbocycles. The van der Waals surface area contributed by atoms with Crippen LogP contribution in [0.3, 0.4) is 0 Å². The molecule has 8 aromatic rings. The van der Waals surface area contributed by atoms with Crippen molar-refractivity contribution in [3.05, 3.63) is 198 Å². The van der Waals surface area contributed by atoms with Gasteiger partial charge in [-0.1, -0.05) is 161 Å². The van der Waals surface area contributed by atoms with Gasteiger partial charge in [-0.2, -0.15) is 0 Å². The van der Waals surface area contributed by atoms with Crippen LogP contribution in [0.15, 0.2) is 176 Å². The molecule has 0 amide bonds. The van der Waals surface area contributed by atoms with Gasteiger partial charge in [0.1, 0.15) is 0 Å². The highest BCUT2D eigenvalue weighted by Crippen LogP contribution is 2.55. The summed E-state index contributed by atoms with van der Waals surface area (Å²) in [5, 5.41) is 2.52. The van der Waals surface area contributed by atoms with E-state index in [0.29, 0.717) is 0 Å². The maximum atomic E-state index is 2.46. The van der Waals surface area contributed by atoms with Crippen molar-refractivity contribution < 1.29 is 0 Å². The zero-order valence-electron chi connectivity index (χ0n) is 30.7. The molecule has 53 heavy (non-hydrogen) atoms. The average molecular weight is 680 g/mol. The van der Waals surface area contributed by atoms with Gasteiger partial charge in [0.2, 0.25) is 0 Å². The Bertz CT molecular complexity index is 2710. The first kappa shape index (κ1) is 31.5. The van der Waals surface area contributed by atoms with Gasteiger partial charge in [0.25, 0.3) is 0 Å². The van der Waals surface area contributed by atoms with E-state index in [1.54, 1.807) is 0 Å². The van der Waals surface area contributed by atoms with E-state index < -0.39 is 0 Å². The van der Waals surface area contributed by atoms with Gasteiger partial charge < -0.3 is 4.90 Å². The van der Waals surface area contributed by atoms with E-state index in [1.807, 2.05) is 0 Å². The number of nitrogens with zero attached hydrogens (tertiary/aromatic N) is 1. The highest BCUT2D eigenvalue weighted by molar-refractivity contribution is 5.95. The van der Waals surface area contributed by atoms with Gasteiger partial charge in [0.15, 0.2) is 0 Å². The first-order valence-electron chi connectivity index (χ1n) is 18.8. The molecular weight excluding hydrogens is 639 g/mol. The van der Waals surface area contributed by atoms with E-state index >= 15 is 0 Å². The highest BCUT2D eigenvalue weighted by atomic mass is 15.1. The molecule has 2 aliphatic carbocycles. The van der Waals surface area contributed by atoms with Crippen molar-refractivity contribution in [2.24, 2.45) is 0 Å². The Morgan fingerprint density at radius 2 is 0.906 bits per heavy atom. The largest absolute Gasteiger partial charge is 0.310 e. The van der Waals surface area contributed by atoms with Crippen molar-refractivity contribution in [2.45, 2.75) is 38.5 Å². The molecule has 0 atom stereocenters. The molecule has 8 aromatic carbocycles. The Labute approximate surface area is 312 Å². The molecule has 0 radical (unpaired) electrons. The summed E-state index contributed by atoms with van der Waals surface area (Å²) in [4.78, 5) is 2.46. The lowest BCUT2D eigenvalue weighted by molar-refractivity contribution is 0.660. The zero-order valence-corrected chi connectivity index (χ0v) is 30.7. The molecule has 10 rings (SSSR count). The van der Waals surface area contributed by atoms with Crippen LogP contribution in [0.1, 0.15) is 49.9 Å². The van der Waals surface area contributed by atoms with Crippen LogP contribution in [0.2, 0.25) is 0 Å². The first-order valence-corrected chi connectivity index (χ1v) is 18.8. The smallest absolute Gasteiger partial charge is 0.0468 e. The van der Waals surface area contributed by atoms with Crippen LogP contribution in [0.5, 0.6) is 0 Å². The van der Waals surface area contributed by atoms with Gasteiger partial charge >= 0.3 is 0 Å². The number of anilines is 3. The lowest BCUT2D eigenvalue weighted by Gasteiger charge is -2.29. The fraction of sp³-hybridized carbons (Fsp3) is 0.115. The molecule has 0 unspecified atom stereocenters. The minimum absolute atomic E-state index is 0.0982. The molecule has 0 spiro atoms. The van der Waals surface area contributed by atoms with Crippen molar-refractivity contribution in [3.8, 4) is 44.5 Å². The van der Waals surface area contributed by atoms with E-state index in [1.165, 1.54) is 77.5 Å². The average Bonchev–Trinajstić information content (AvgIpc) is 3.57. The fourth-order valence-electron chi connectivity index (χ4n) is 9.24. The summed E-state index contributed by atoms with van der Waals surface area (Å²) in [6.45, 7) is 9.47. The second-order valence-electron chi connectivity index (χ2n) is 15.8. The van der Waals surface area contributed by atoms with Crippen molar-refractivity contribution >= 4 is 27.8 Å². The van der Waals surface area contributed by atoms with Crippen LogP contribution in [0.4, 0.5) is 17.1 Å². The second-order valence-corrected chi connectivity index (χ2v) is 15.8. The van der Waals surface area contributed by atoms with Crippen molar-refractivity contribution in [1.82, 2.24) is 0 Å². The normalized spacial score (nSPS) is 14.3. The van der Waals surface area contributed by atoms with Crippen molar-refractivity contribution in [1.29, 1.82) is 0 Å². The Kier molecular flexibility index (Phi) is 6.94. The summed E-state index contributed by atoms with van der Waals surface area (Å²) >= 11 is 0. The maximum absolute atomic E-state index is 2.46. The predicted molar refractivity (Wildman–Crippen MR) is 225 cm³/mol. The van der Waals surface area contributed by atoms with Crippen molar-refractivity contribution in [3.63, 3.8) is 0 Å². The molecule has 254 valence electrons. The second kappa shape index (κ2) is 11.7. The van der Waals surface area contributed by atoms with Crippen LogP contribution in [0.25, 0.3) is 55.3 Å². The summed E-state index contributed by atoms with van der Waals surface area (Å²) in [5.74, 6) is 0. The number of benzene rings is 8. The number of hydrogen-bond acceptors (Lipinski definition) is 1. The molecule has 0 aromatic heterocycles. The number of rotatable bonds is 5. The quantitative estimate of drug-likeness (QED) is 0.175. The van der Waals surface area contributed by atoms with Gasteiger partial charge in [-0.25, -0.2) is 0 Å². The highest BCUT2D eigenvalue weighted by Gasteiger charge is 2.38. The monoisotopic (exact) mass is 679 g/mol. The summed E-state index contributed by atoms with van der Waals surface area (Å²) < 4.78 is 0. The Morgan fingerprint density at radius 1 is 0.321 bits per heavy atom. The molecule has 0 bridgehead atoms. The minimum atomic E-state index is -0.107. The molecule has 1 nitrogen and oxygen atoms in total. The molecule has 0 saturated heterocycles. The van der Waals surface area contributed by atoms with Crippen molar-refractivity contribution in [2.75, 3.05) is 4.90 Å². The van der Waals surface area contributed by atoms with Gasteiger partial charge in [-0.05, 0) is 120 Å². The zero-order chi connectivity index (χ0) is 35.9. The molecule has 1 heteroatoms. The molecule has 0 N–H and O–H groups in total. The van der Waals surface area contributed by atoms with Crippen LogP contribution >= 0.6 is 0 Å². The van der Waals surface area contributed by atoms with Gasteiger partial charge in [-0.3, -0.25) is 0 Å². The fourth-order valence-corrected chi connectivity index (χ4v) is 9.24. The SMILES string of the molecule is CC1(C)c2ccccc2-c2ccc(N(c3ccc(-c4ccc5ccccc5c4)cc3)c3ccc4c(c3)-c3c(-c5ccccc5)cccc3C4(C)C)cc21. The summed E-state index contributed by atoms with van der Waals surface area (Å²) in [7, 11) is 0. The van der Waals surface area contributed by atoms with Gasteiger partial charge in [-0.15, -0.1) is 0 Å². The molecule has 0 fully saturated rings. The van der Waals surface area contributed by atoms with Crippen LogP contribution in [-0.2, 0) is 10.8 Å². The summed E-state index contributed by atoms with van der Waals surface area (Å²) in [6.07, 6.45) is 0. The maximum Gasteiger partial charge on any atom is 0.0468 e. The first-order chi connectivity index (χ1) is 25.8. The predicted octanol–water partition coefficient (Wildman–Crippen LogP) is 14.3. The van der Waals surface area contributed by atoms with Crippen LogP contribution < -0.4 is 4.90 Å². The third kappa shape index (κ3) is 4.84. The van der Waals surface area contributed by atoms with Gasteiger partial charge in [0.05, 0.1) is 0 Å². The summed E-state index contributed by atoms with van der Waals surface area (Å²) in [6, 6.07) is 65.3. The standard InChI is InChI=1S/C52H41N/c1-51(2)47-30-28-40(32-45(47)50-42(18-12-20-48(50)51)36-14-6-5-7-15-36)53(41-27-29-44-43-17-10-11-19-46(43)52(3,4)49(44)33-41)39-25-23-35(24-26-39)38-22-21-34-13-8-9-16-37(34)31-38/h5-33H,1-4H3. The molecule has 0 aliphatic heterocycles. The van der Waals surface area contributed by atoms with E-state index in [2.05, 4.69) is 209 Å². The summed E-state index contributed by atoms with van der Waals surface area (Å²) in [5.41, 5.74) is 19.1. The lowest BCUT2D eigenvalue weighted by atomic mass is 9.82. The molecule has 0 heterocycles. The Morgan fingerprint density at radius 3 is 1.74 bits per heavy atom.